The van der Waals surface area contributed by atoms with Crippen LogP contribution >= 0.6 is 15.9 Å². The van der Waals surface area contributed by atoms with Crippen LogP contribution in [-0.4, -0.2) is 22.5 Å². The monoisotopic (exact) mass is 345 g/mol. The normalized spacial score (nSPS) is 13.9. The van der Waals surface area contributed by atoms with Crippen molar-refractivity contribution in [1.82, 2.24) is 4.90 Å². The van der Waals surface area contributed by atoms with E-state index in [0.717, 1.165) is 27.6 Å². The van der Waals surface area contributed by atoms with Gasteiger partial charge in [-0.05, 0) is 54.3 Å². The number of carbonyl (C=O) groups excluding carboxylic acids is 1. The molecule has 0 fully saturated rings. The Morgan fingerprint density at radius 2 is 2.05 bits per heavy atom. The Balaban J connectivity index is 1.89. The van der Waals surface area contributed by atoms with Crippen molar-refractivity contribution in [3.05, 3.63) is 63.1 Å². The molecule has 1 aliphatic heterocycles. The molecule has 21 heavy (non-hydrogen) atoms. The van der Waals surface area contributed by atoms with Crippen LogP contribution in [0.5, 0.6) is 5.75 Å². The lowest BCUT2D eigenvalue weighted by Gasteiger charge is -2.29. The second-order valence-corrected chi connectivity index (χ2v) is 6.20. The quantitative estimate of drug-likeness (QED) is 0.856. The zero-order valence-electron chi connectivity index (χ0n) is 11.8. The summed E-state index contributed by atoms with van der Waals surface area (Å²) in [7, 11) is 0. The van der Waals surface area contributed by atoms with E-state index < -0.39 is 0 Å². The van der Waals surface area contributed by atoms with Gasteiger partial charge in [-0.15, -0.1) is 0 Å². The molecule has 0 aliphatic carbocycles. The average Bonchev–Trinajstić information content (AvgIpc) is 2.48. The number of phenolic OH excluding ortho intramolecular Hbond substituents is 1. The highest BCUT2D eigenvalue weighted by molar-refractivity contribution is 9.10. The summed E-state index contributed by atoms with van der Waals surface area (Å²) in [5.74, 6) is 0.296. The maximum Gasteiger partial charge on any atom is 0.254 e. The number of nitrogens with zero attached hydrogens (tertiary/aromatic N) is 1. The fourth-order valence-electron chi connectivity index (χ4n) is 2.73. The third kappa shape index (κ3) is 2.68. The number of benzene rings is 2. The van der Waals surface area contributed by atoms with E-state index in [1.165, 1.54) is 5.56 Å². The van der Waals surface area contributed by atoms with Gasteiger partial charge in [0.15, 0.2) is 0 Å². The van der Waals surface area contributed by atoms with E-state index in [1.54, 1.807) is 12.1 Å². The van der Waals surface area contributed by atoms with Crippen molar-refractivity contribution < 1.29 is 9.90 Å². The van der Waals surface area contributed by atoms with Crippen molar-refractivity contribution in [3.63, 3.8) is 0 Å². The van der Waals surface area contributed by atoms with E-state index in [4.69, 9.17) is 0 Å². The molecule has 1 heterocycles. The minimum atomic E-state index is 0.0443. The summed E-state index contributed by atoms with van der Waals surface area (Å²) in [6.45, 7) is 3.21. The van der Waals surface area contributed by atoms with Crippen LogP contribution < -0.4 is 0 Å². The number of hydrogen-bond donors (Lipinski definition) is 1. The average molecular weight is 346 g/mol. The van der Waals surface area contributed by atoms with Gasteiger partial charge in [0.25, 0.3) is 5.91 Å². The van der Waals surface area contributed by atoms with Gasteiger partial charge >= 0.3 is 0 Å². The third-order valence-electron chi connectivity index (χ3n) is 3.99. The zero-order chi connectivity index (χ0) is 15.0. The number of amides is 1. The first kappa shape index (κ1) is 14.1. The van der Waals surface area contributed by atoms with Crippen LogP contribution in [0.2, 0.25) is 0 Å². The van der Waals surface area contributed by atoms with E-state index in [0.29, 0.717) is 13.1 Å². The van der Waals surface area contributed by atoms with Crippen molar-refractivity contribution in [1.29, 1.82) is 0 Å². The van der Waals surface area contributed by atoms with Crippen LogP contribution in [0.25, 0.3) is 0 Å². The molecule has 1 amide bonds. The van der Waals surface area contributed by atoms with E-state index >= 15 is 0 Å². The summed E-state index contributed by atoms with van der Waals surface area (Å²) in [6, 6.07) is 11.1. The topological polar surface area (TPSA) is 40.5 Å². The fourth-order valence-corrected chi connectivity index (χ4v) is 3.09. The predicted octanol–water partition coefficient (Wildman–Crippen LogP) is 3.66. The molecule has 0 saturated carbocycles. The van der Waals surface area contributed by atoms with Crippen molar-refractivity contribution in [2.75, 3.05) is 6.54 Å². The summed E-state index contributed by atoms with van der Waals surface area (Å²) in [4.78, 5) is 14.6. The number of aromatic hydroxyl groups is 1. The molecule has 3 rings (SSSR count). The van der Waals surface area contributed by atoms with E-state index in [2.05, 4.69) is 15.9 Å². The van der Waals surface area contributed by atoms with Crippen LogP contribution in [0.1, 0.15) is 27.0 Å². The minimum Gasteiger partial charge on any atom is -0.508 e. The first-order chi connectivity index (χ1) is 10.1. The Morgan fingerprint density at radius 3 is 2.86 bits per heavy atom. The molecule has 3 nitrogen and oxygen atoms in total. The summed E-state index contributed by atoms with van der Waals surface area (Å²) in [5.41, 5.74) is 3.93. The van der Waals surface area contributed by atoms with Crippen LogP contribution in [-0.2, 0) is 13.0 Å². The highest BCUT2D eigenvalue weighted by Gasteiger charge is 2.23. The van der Waals surface area contributed by atoms with E-state index in [9.17, 15) is 9.90 Å². The molecular formula is C17H16BrNO2. The molecule has 1 N–H and O–H groups in total. The first-order valence-corrected chi connectivity index (χ1v) is 7.70. The SMILES string of the molecule is Cc1c(Br)cccc1C(=O)N1CCc2ccc(O)cc2C1. The Bertz CT molecular complexity index is 712. The van der Waals surface area contributed by atoms with Crippen LogP contribution in [0.15, 0.2) is 40.9 Å². The van der Waals surface area contributed by atoms with Gasteiger partial charge in [0, 0.05) is 23.1 Å². The highest BCUT2D eigenvalue weighted by atomic mass is 79.9. The van der Waals surface area contributed by atoms with Crippen LogP contribution in [0, 0.1) is 6.92 Å². The zero-order valence-corrected chi connectivity index (χ0v) is 13.4. The number of phenols is 1. The molecule has 0 saturated heterocycles. The molecular weight excluding hydrogens is 330 g/mol. The number of carbonyl (C=O) groups is 1. The van der Waals surface area contributed by atoms with Gasteiger partial charge in [-0.3, -0.25) is 4.79 Å². The molecule has 1 aliphatic rings. The van der Waals surface area contributed by atoms with Gasteiger partial charge in [-0.1, -0.05) is 28.1 Å². The van der Waals surface area contributed by atoms with Gasteiger partial charge in [0.2, 0.25) is 0 Å². The van der Waals surface area contributed by atoms with Crippen molar-refractivity contribution in [3.8, 4) is 5.75 Å². The lowest BCUT2D eigenvalue weighted by atomic mass is 9.98. The Morgan fingerprint density at radius 1 is 1.24 bits per heavy atom. The first-order valence-electron chi connectivity index (χ1n) is 6.91. The third-order valence-corrected chi connectivity index (χ3v) is 4.85. The van der Waals surface area contributed by atoms with Gasteiger partial charge in [-0.2, -0.15) is 0 Å². The summed E-state index contributed by atoms with van der Waals surface area (Å²) in [6.07, 6.45) is 0.828. The van der Waals surface area contributed by atoms with E-state index in [1.807, 2.05) is 36.1 Å². The fraction of sp³-hybridized carbons (Fsp3) is 0.235. The number of hydrogen-bond acceptors (Lipinski definition) is 2. The molecule has 0 unspecified atom stereocenters. The van der Waals surface area contributed by atoms with Gasteiger partial charge in [0.1, 0.15) is 5.75 Å². The molecule has 2 aromatic rings. The minimum absolute atomic E-state index is 0.0443. The molecule has 0 aromatic heterocycles. The van der Waals surface area contributed by atoms with Gasteiger partial charge in [-0.25, -0.2) is 0 Å². The summed E-state index contributed by atoms with van der Waals surface area (Å²) < 4.78 is 0.948. The standard InChI is InChI=1S/C17H16BrNO2/c1-11-15(3-2-4-16(11)18)17(21)19-8-7-12-5-6-14(20)9-13(12)10-19/h2-6,9,20H,7-8,10H2,1H3. The number of rotatable bonds is 1. The molecule has 4 heteroatoms. The molecule has 108 valence electrons. The van der Waals surface area contributed by atoms with Crippen molar-refractivity contribution in [2.24, 2.45) is 0 Å². The van der Waals surface area contributed by atoms with Crippen molar-refractivity contribution >= 4 is 21.8 Å². The van der Waals surface area contributed by atoms with E-state index in [-0.39, 0.29) is 11.7 Å². The molecule has 0 bridgehead atoms. The maximum atomic E-state index is 12.7. The predicted molar refractivity (Wildman–Crippen MR) is 85.4 cm³/mol. The maximum absolute atomic E-state index is 12.7. The van der Waals surface area contributed by atoms with Crippen LogP contribution in [0.4, 0.5) is 0 Å². The summed E-state index contributed by atoms with van der Waals surface area (Å²) >= 11 is 3.47. The van der Waals surface area contributed by atoms with Gasteiger partial charge < -0.3 is 10.0 Å². The van der Waals surface area contributed by atoms with Crippen LogP contribution in [0.3, 0.4) is 0 Å². The highest BCUT2D eigenvalue weighted by Crippen LogP contribution is 2.26. The lowest BCUT2D eigenvalue weighted by molar-refractivity contribution is 0.0733. The molecule has 0 spiro atoms. The molecule has 0 atom stereocenters. The largest absolute Gasteiger partial charge is 0.508 e. The Kier molecular flexibility index (Phi) is 3.72. The smallest absolute Gasteiger partial charge is 0.254 e. The summed E-state index contributed by atoms with van der Waals surface area (Å²) in [5, 5.41) is 9.60. The lowest BCUT2D eigenvalue weighted by Crippen LogP contribution is -2.36. The van der Waals surface area contributed by atoms with Gasteiger partial charge in [0.05, 0.1) is 0 Å². The van der Waals surface area contributed by atoms with Crippen molar-refractivity contribution in [2.45, 2.75) is 19.9 Å². The molecule has 0 radical (unpaired) electrons. The second-order valence-electron chi connectivity index (χ2n) is 5.34. The molecule has 2 aromatic carbocycles. The Labute approximate surface area is 132 Å². The number of fused-ring (bicyclic) bond motifs is 1. The number of halogens is 1. The second kappa shape index (κ2) is 5.53. The Hall–Kier alpha value is -1.81.